The summed E-state index contributed by atoms with van der Waals surface area (Å²) >= 11 is 18.4. The van der Waals surface area contributed by atoms with Crippen LogP contribution in [0.25, 0.3) is 10.9 Å². The summed E-state index contributed by atoms with van der Waals surface area (Å²) in [5.74, 6) is 0.569. The van der Waals surface area contributed by atoms with E-state index in [0.29, 0.717) is 12.3 Å². The number of amides is 1. The first kappa shape index (κ1) is 20.9. The van der Waals surface area contributed by atoms with E-state index in [-0.39, 0.29) is 6.61 Å². The molecule has 6 nitrogen and oxygen atoms in total. The standard InChI is InChI=1S/C17H20Cl3N3O3S/c1-27-8-13(22-16(24)26-9-17(18,19)20)15-14-11(6-7-23(15)25)10-4-2-3-5-12(10)21-14/h2-5,13,15,21,25H,6-9H2,1H3,(H,22,24)/t13-,15+/m0/s1. The number of carbonyl (C=O) groups excluding carboxylic acids is 1. The average Bonchev–Trinajstić information content (AvgIpc) is 2.97. The Hall–Kier alpha value is -0.830. The Labute approximate surface area is 176 Å². The largest absolute Gasteiger partial charge is 0.445 e. The van der Waals surface area contributed by atoms with Crippen LogP contribution in [0, 0.1) is 0 Å². The van der Waals surface area contributed by atoms with E-state index in [9.17, 15) is 10.0 Å². The first-order valence-electron chi connectivity index (χ1n) is 8.34. The van der Waals surface area contributed by atoms with Crippen LogP contribution >= 0.6 is 46.6 Å². The first-order valence-corrected chi connectivity index (χ1v) is 10.9. The molecule has 1 aliphatic rings. The van der Waals surface area contributed by atoms with Crippen molar-refractivity contribution in [2.24, 2.45) is 0 Å². The van der Waals surface area contributed by atoms with Crippen molar-refractivity contribution < 1.29 is 14.7 Å². The molecule has 0 spiro atoms. The second-order valence-corrected chi connectivity index (χ2v) is 9.74. The van der Waals surface area contributed by atoms with Crippen molar-refractivity contribution in [1.82, 2.24) is 15.4 Å². The molecule has 0 radical (unpaired) electrons. The van der Waals surface area contributed by atoms with Gasteiger partial charge in [0, 0.05) is 28.9 Å². The summed E-state index contributed by atoms with van der Waals surface area (Å²) in [6, 6.07) is 7.16. The van der Waals surface area contributed by atoms with E-state index in [4.69, 9.17) is 39.5 Å². The predicted octanol–water partition coefficient (Wildman–Crippen LogP) is 4.28. The quantitative estimate of drug-likeness (QED) is 0.590. The summed E-state index contributed by atoms with van der Waals surface area (Å²) in [5.41, 5.74) is 3.05. The maximum Gasteiger partial charge on any atom is 0.407 e. The number of H-pyrrole nitrogens is 1. The average molecular weight is 453 g/mol. The van der Waals surface area contributed by atoms with Gasteiger partial charge in [0.05, 0.1) is 12.1 Å². The maximum absolute atomic E-state index is 12.2. The Morgan fingerprint density at radius 2 is 2.22 bits per heavy atom. The van der Waals surface area contributed by atoms with Crippen LogP contribution in [-0.2, 0) is 11.2 Å². The molecule has 2 atom stereocenters. The van der Waals surface area contributed by atoms with Crippen molar-refractivity contribution in [2.45, 2.75) is 22.3 Å². The van der Waals surface area contributed by atoms with Gasteiger partial charge in [0.15, 0.2) is 0 Å². The molecule has 27 heavy (non-hydrogen) atoms. The van der Waals surface area contributed by atoms with Crippen molar-refractivity contribution in [1.29, 1.82) is 0 Å². The predicted molar refractivity (Wildman–Crippen MR) is 110 cm³/mol. The summed E-state index contributed by atoms with van der Waals surface area (Å²) < 4.78 is 3.31. The highest BCUT2D eigenvalue weighted by Gasteiger charge is 2.36. The Kier molecular flexibility index (Phi) is 6.71. The number of alkyl carbamates (subject to hydrolysis) is 1. The van der Waals surface area contributed by atoms with E-state index < -0.39 is 22.0 Å². The molecule has 10 heteroatoms. The lowest BCUT2D eigenvalue weighted by atomic mass is 9.95. The minimum absolute atomic E-state index is 0.360. The molecule has 148 valence electrons. The molecule has 0 fully saturated rings. The number of rotatable bonds is 5. The Morgan fingerprint density at radius 1 is 1.48 bits per heavy atom. The van der Waals surface area contributed by atoms with Gasteiger partial charge >= 0.3 is 6.09 Å². The molecular formula is C17H20Cl3N3O3S. The SMILES string of the molecule is CSC[C@H](NC(=O)OCC(Cl)(Cl)Cl)[C@@H]1c2[nH]c3ccccc3c2CCN1O. The molecule has 2 heterocycles. The maximum atomic E-state index is 12.2. The van der Waals surface area contributed by atoms with E-state index >= 15 is 0 Å². The van der Waals surface area contributed by atoms with Gasteiger partial charge in [0.25, 0.3) is 0 Å². The number of aromatic amines is 1. The number of para-hydroxylation sites is 1. The lowest BCUT2D eigenvalue weighted by molar-refractivity contribution is -0.140. The molecule has 1 aromatic heterocycles. The highest BCUT2D eigenvalue weighted by atomic mass is 35.6. The van der Waals surface area contributed by atoms with Crippen LogP contribution < -0.4 is 5.32 Å². The van der Waals surface area contributed by atoms with Crippen LogP contribution in [0.15, 0.2) is 24.3 Å². The minimum Gasteiger partial charge on any atom is -0.445 e. The van der Waals surface area contributed by atoms with E-state index in [0.717, 1.165) is 28.6 Å². The van der Waals surface area contributed by atoms with Gasteiger partial charge in [0.1, 0.15) is 6.61 Å². The number of thioether (sulfide) groups is 1. The molecule has 2 aromatic rings. The normalized spacial score (nSPS) is 18.9. The van der Waals surface area contributed by atoms with Crippen molar-refractivity contribution in [2.75, 3.05) is 25.2 Å². The highest BCUT2D eigenvalue weighted by molar-refractivity contribution is 7.98. The zero-order valence-electron chi connectivity index (χ0n) is 14.5. The molecule has 1 aliphatic heterocycles. The molecule has 0 bridgehead atoms. The van der Waals surface area contributed by atoms with Crippen molar-refractivity contribution >= 4 is 63.6 Å². The number of benzene rings is 1. The Bertz CT molecular complexity index is 812. The van der Waals surface area contributed by atoms with Crippen LogP contribution in [0.2, 0.25) is 0 Å². The lowest BCUT2D eigenvalue weighted by Gasteiger charge is -2.36. The second kappa shape index (κ2) is 8.68. The number of nitrogens with one attached hydrogen (secondary N) is 2. The van der Waals surface area contributed by atoms with E-state index in [1.54, 1.807) is 11.8 Å². The molecule has 0 saturated carbocycles. The van der Waals surface area contributed by atoms with Crippen molar-refractivity contribution in [3.63, 3.8) is 0 Å². The fraction of sp³-hybridized carbons (Fsp3) is 0.471. The van der Waals surface area contributed by atoms with E-state index in [1.807, 2.05) is 24.5 Å². The lowest BCUT2D eigenvalue weighted by Crippen LogP contribution is -2.49. The number of halogens is 3. The van der Waals surface area contributed by atoms with E-state index in [2.05, 4.69) is 16.4 Å². The van der Waals surface area contributed by atoms with Gasteiger partial charge < -0.3 is 20.2 Å². The fourth-order valence-corrected chi connectivity index (χ4v) is 4.19. The van der Waals surface area contributed by atoms with E-state index in [1.165, 1.54) is 5.06 Å². The van der Waals surface area contributed by atoms with Crippen LogP contribution in [-0.4, -0.2) is 56.3 Å². The van der Waals surface area contributed by atoms with Crippen molar-refractivity contribution in [3.05, 3.63) is 35.5 Å². The van der Waals surface area contributed by atoms with Gasteiger partial charge in [-0.3, -0.25) is 0 Å². The fourth-order valence-electron chi connectivity index (χ4n) is 3.40. The number of fused-ring (bicyclic) bond motifs is 3. The number of hydrogen-bond acceptors (Lipinski definition) is 5. The molecule has 3 N–H and O–H groups in total. The number of alkyl halides is 3. The Morgan fingerprint density at radius 3 is 2.93 bits per heavy atom. The van der Waals surface area contributed by atoms with Crippen molar-refractivity contribution in [3.8, 4) is 0 Å². The van der Waals surface area contributed by atoms with Crippen LogP contribution in [0.5, 0.6) is 0 Å². The molecule has 0 unspecified atom stereocenters. The monoisotopic (exact) mass is 451 g/mol. The van der Waals surface area contributed by atoms with Gasteiger partial charge in [-0.05, 0) is 24.3 Å². The molecular weight excluding hydrogens is 433 g/mol. The van der Waals surface area contributed by atoms with Gasteiger partial charge in [0.2, 0.25) is 3.79 Å². The van der Waals surface area contributed by atoms with Gasteiger partial charge in [-0.2, -0.15) is 16.8 Å². The van der Waals surface area contributed by atoms with Crippen LogP contribution in [0.3, 0.4) is 0 Å². The molecule has 1 aromatic carbocycles. The number of nitrogens with zero attached hydrogens (tertiary/aromatic N) is 1. The first-order chi connectivity index (χ1) is 12.8. The summed E-state index contributed by atoms with van der Waals surface area (Å²) in [6.45, 7) is 0.107. The number of aromatic nitrogens is 1. The smallest absolute Gasteiger partial charge is 0.407 e. The Balaban J connectivity index is 1.85. The summed E-state index contributed by atoms with van der Waals surface area (Å²) in [5, 5.41) is 15.7. The van der Waals surface area contributed by atoms with Crippen LogP contribution in [0.1, 0.15) is 17.3 Å². The zero-order valence-corrected chi connectivity index (χ0v) is 17.6. The highest BCUT2D eigenvalue weighted by Crippen LogP contribution is 2.36. The number of hydroxylamine groups is 2. The van der Waals surface area contributed by atoms with Gasteiger partial charge in [-0.25, -0.2) is 4.79 Å². The zero-order chi connectivity index (χ0) is 19.6. The number of carbonyl (C=O) groups is 1. The molecule has 0 aliphatic carbocycles. The second-order valence-electron chi connectivity index (χ2n) is 6.32. The van der Waals surface area contributed by atoms with Gasteiger partial charge in [-0.1, -0.05) is 53.0 Å². The molecule has 1 amide bonds. The summed E-state index contributed by atoms with van der Waals surface area (Å²) in [7, 11) is 0. The summed E-state index contributed by atoms with van der Waals surface area (Å²) in [4.78, 5) is 15.6. The molecule has 3 rings (SSSR count). The number of ether oxygens (including phenoxy) is 1. The van der Waals surface area contributed by atoms with Gasteiger partial charge in [-0.15, -0.1) is 0 Å². The third kappa shape index (κ3) is 4.96. The summed E-state index contributed by atoms with van der Waals surface area (Å²) in [6.07, 6.45) is 1.95. The minimum atomic E-state index is -1.68. The third-order valence-electron chi connectivity index (χ3n) is 4.45. The third-order valence-corrected chi connectivity index (χ3v) is 5.47. The number of hydrogen-bond donors (Lipinski definition) is 3. The van der Waals surface area contributed by atoms with Crippen LogP contribution in [0.4, 0.5) is 4.79 Å². The molecule has 0 saturated heterocycles. The topological polar surface area (TPSA) is 77.6 Å².